The van der Waals surface area contributed by atoms with Gasteiger partial charge in [-0.3, -0.25) is 0 Å². The topological polar surface area (TPSA) is 20.2 Å². The van der Waals surface area contributed by atoms with Crippen LogP contribution in [0.5, 0.6) is 0 Å². The Morgan fingerprint density at radius 2 is 1.86 bits per heavy atom. The number of hydrogen-bond donors (Lipinski definition) is 1. The second kappa shape index (κ2) is 4.13. The minimum absolute atomic E-state index is 0.535. The third kappa shape index (κ3) is 1.98. The van der Waals surface area contributed by atoms with E-state index < -0.39 is 6.10 Å². The smallest absolute Gasteiger partial charge is 0.113 e. The van der Waals surface area contributed by atoms with Gasteiger partial charge < -0.3 is 5.11 Å². The molecule has 1 N–H and O–H groups in total. The van der Waals surface area contributed by atoms with E-state index in [1.165, 1.54) is 0 Å². The number of hydrogen-bond acceptors (Lipinski definition) is 2. The van der Waals surface area contributed by atoms with Gasteiger partial charge in [-0.1, -0.05) is 29.8 Å². The molecule has 0 saturated carbocycles. The normalized spacial score (nSPS) is 12.7. The molecule has 0 unspecified atom stereocenters. The Bertz CT molecular complexity index is 394. The van der Waals surface area contributed by atoms with Crippen LogP contribution in [0.25, 0.3) is 0 Å². The number of rotatable bonds is 2. The molecule has 0 bridgehead atoms. The molecular formula is C11H9ClOS. The zero-order chi connectivity index (χ0) is 9.97. The number of aliphatic hydroxyl groups is 1. The monoisotopic (exact) mass is 224 g/mol. The maximum atomic E-state index is 9.94. The number of thiophene rings is 1. The lowest BCUT2D eigenvalue weighted by Crippen LogP contribution is -1.95. The molecule has 3 heteroatoms. The average Bonchev–Trinajstić information content (AvgIpc) is 2.71. The maximum absolute atomic E-state index is 9.94. The van der Waals surface area contributed by atoms with Crippen molar-refractivity contribution in [2.75, 3.05) is 0 Å². The minimum atomic E-state index is -0.535. The Morgan fingerprint density at radius 3 is 2.43 bits per heavy atom. The highest BCUT2D eigenvalue weighted by Crippen LogP contribution is 2.26. The standard InChI is InChI=1S/C11H9ClOS/c12-9-5-3-8(4-6-9)11(13)10-2-1-7-14-10/h1-7,11,13H/t11-/m0/s1. The van der Waals surface area contributed by atoms with Gasteiger partial charge in [-0.25, -0.2) is 0 Å². The lowest BCUT2D eigenvalue weighted by Gasteiger charge is -2.08. The minimum Gasteiger partial charge on any atom is -0.383 e. The molecule has 1 atom stereocenters. The van der Waals surface area contributed by atoms with Crippen LogP contribution in [0.4, 0.5) is 0 Å². The lowest BCUT2D eigenvalue weighted by atomic mass is 10.1. The third-order valence-corrected chi connectivity index (χ3v) is 3.18. The highest BCUT2D eigenvalue weighted by Gasteiger charge is 2.10. The van der Waals surface area contributed by atoms with Crippen LogP contribution in [0.2, 0.25) is 5.02 Å². The fourth-order valence-corrected chi connectivity index (χ4v) is 2.12. The molecule has 0 aliphatic heterocycles. The van der Waals surface area contributed by atoms with Crippen molar-refractivity contribution >= 4 is 22.9 Å². The van der Waals surface area contributed by atoms with Crippen molar-refractivity contribution in [2.24, 2.45) is 0 Å². The first-order chi connectivity index (χ1) is 6.77. The summed E-state index contributed by atoms with van der Waals surface area (Å²) in [7, 11) is 0. The third-order valence-electron chi connectivity index (χ3n) is 2.00. The maximum Gasteiger partial charge on any atom is 0.113 e. The first-order valence-electron chi connectivity index (χ1n) is 4.24. The van der Waals surface area contributed by atoms with Crippen molar-refractivity contribution in [2.45, 2.75) is 6.10 Å². The summed E-state index contributed by atoms with van der Waals surface area (Å²) >= 11 is 7.31. The van der Waals surface area contributed by atoms with E-state index in [1.54, 1.807) is 23.5 Å². The molecule has 0 fully saturated rings. The van der Waals surface area contributed by atoms with Crippen molar-refractivity contribution < 1.29 is 5.11 Å². The fraction of sp³-hybridized carbons (Fsp3) is 0.0909. The summed E-state index contributed by atoms with van der Waals surface area (Å²) in [6, 6.07) is 11.1. The van der Waals surface area contributed by atoms with Gasteiger partial charge >= 0.3 is 0 Å². The first-order valence-corrected chi connectivity index (χ1v) is 5.50. The molecule has 1 heterocycles. The molecule has 2 aromatic rings. The second-order valence-corrected chi connectivity index (χ2v) is 4.39. The van der Waals surface area contributed by atoms with Crippen molar-refractivity contribution in [3.8, 4) is 0 Å². The summed E-state index contributed by atoms with van der Waals surface area (Å²) in [5.41, 5.74) is 0.872. The summed E-state index contributed by atoms with van der Waals surface area (Å²) in [5.74, 6) is 0. The first kappa shape index (κ1) is 9.71. The van der Waals surface area contributed by atoms with Gasteiger partial charge in [0.15, 0.2) is 0 Å². The van der Waals surface area contributed by atoms with Crippen LogP contribution >= 0.6 is 22.9 Å². The van der Waals surface area contributed by atoms with Gasteiger partial charge in [0.2, 0.25) is 0 Å². The van der Waals surface area contributed by atoms with E-state index >= 15 is 0 Å². The fourth-order valence-electron chi connectivity index (χ4n) is 1.26. The van der Waals surface area contributed by atoms with Crippen molar-refractivity contribution in [3.05, 3.63) is 57.2 Å². The highest BCUT2D eigenvalue weighted by molar-refractivity contribution is 7.10. The quantitative estimate of drug-likeness (QED) is 0.828. The Balaban J connectivity index is 2.28. The van der Waals surface area contributed by atoms with Crippen LogP contribution < -0.4 is 0 Å². The molecule has 0 spiro atoms. The van der Waals surface area contributed by atoms with Gasteiger partial charge in [-0.15, -0.1) is 11.3 Å². The zero-order valence-electron chi connectivity index (χ0n) is 7.35. The largest absolute Gasteiger partial charge is 0.383 e. The molecular weight excluding hydrogens is 216 g/mol. The van der Waals surface area contributed by atoms with Crippen molar-refractivity contribution in [1.82, 2.24) is 0 Å². The van der Waals surface area contributed by atoms with Crippen LogP contribution in [0.3, 0.4) is 0 Å². The van der Waals surface area contributed by atoms with Crippen LogP contribution in [-0.2, 0) is 0 Å². The molecule has 1 aromatic heterocycles. The summed E-state index contributed by atoms with van der Waals surface area (Å²) in [6.07, 6.45) is -0.535. The zero-order valence-corrected chi connectivity index (χ0v) is 8.92. The van der Waals surface area contributed by atoms with E-state index in [9.17, 15) is 5.11 Å². The van der Waals surface area contributed by atoms with Crippen LogP contribution in [0.15, 0.2) is 41.8 Å². The summed E-state index contributed by atoms with van der Waals surface area (Å²) < 4.78 is 0. The summed E-state index contributed by atoms with van der Waals surface area (Å²) in [5, 5.41) is 12.6. The van der Waals surface area contributed by atoms with Gasteiger partial charge in [0.25, 0.3) is 0 Å². The van der Waals surface area contributed by atoms with Crippen molar-refractivity contribution in [1.29, 1.82) is 0 Å². The highest BCUT2D eigenvalue weighted by atomic mass is 35.5. The number of halogens is 1. The predicted molar refractivity (Wildman–Crippen MR) is 59.8 cm³/mol. The predicted octanol–water partition coefficient (Wildman–Crippen LogP) is 3.48. The van der Waals surface area contributed by atoms with Gasteiger partial charge in [0.05, 0.1) is 0 Å². The van der Waals surface area contributed by atoms with Gasteiger partial charge in [-0.2, -0.15) is 0 Å². The van der Waals surface area contributed by atoms with Gasteiger partial charge in [0.1, 0.15) is 6.10 Å². The van der Waals surface area contributed by atoms with E-state index in [-0.39, 0.29) is 0 Å². The molecule has 14 heavy (non-hydrogen) atoms. The average molecular weight is 225 g/mol. The molecule has 1 aromatic carbocycles. The summed E-state index contributed by atoms with van der Waals surface area (Å²) in [4.78, 5) is 0.951. The summed E-state index contributed by atoms with van der Waals surface area (Å²) in [6.45, 7) is 0. The Labute approximate surface area is 91.6 Å². The second-order valence-electron chi connectivity index (χ2n) is 2.97. The molecule has 1 nitrogen and oxygen atoms in total. The molecule has 0 aliphatic carbocycles. The van der Waals surface area contributed by atoms with Crippen molar-refractivity contribution in [3.63, 3.8) is 0 Å². The molecule has 0 aliphatic rings. The molecule has 2 rings (SSSR count). The molecule has 0 saturated heterocycles. The Kier molecular flexibility index (Phi) is 2.87. The van der Waals surface area contributed by atoms with Crippen LogP contribution in [-0.4, -0.2) is 5.11 Å². The SMILES string of the molecule is O[C@@H](c1ccc(Cl)cc1)c1cccs1. The Hall–Kier alpha value is -0.830. The van der Waals surface area contributed by atoms with Crippen LogP contribution in [0.1, 0.15) is 16.5 Å². The van der Waals surface area contributed by atoms with E-state index in [1.807, 2.05) is 29.6 Å². The number of aliphatic hydroxyl groups excluding tert-OH is 1. The van der Waals surface area contributed by atoms with E-state index in [4.69, 9.17) is 11.6 Å². The Morgan fingerprint density at radius 1 is 1.14 bits per heavy atom. The van der Waals surface area contributed by atoms with Gasteiger partial charge in [-0.05, 0) is 29.1 Å². The van der Waals surface area contributed by atoms with Crippen LogP contribution in [0, 0.1) is 0 Å². The molecule has 0 amide bonds. The molecule has 72 valence electrons. The molecule has 0 radical (unpaired) electrons. The van der Waals surface area contributed by atoms with E-state index in [0.29, 0.717) is 5.02 Å². The van der Waals surface area contributed by atoms with Gasteiger partial charge in [0, 0.05) is 9.90 Å². The van der Waals surface area contributed by atoms with E-state index in [0.717, 1.165) is 10.4 Å². The lowest BCUT2D eigenvalue weighted by molar-refractivity contribution is 0.224. The number of benzene rings is 1. The van der Waals surface area contributed by atoms with E-state index in [2.05, 4.69) is 0 Å².